The van der Waals surface area contributed by atoms with Crippen molar-refractivity contribution in [2.24, 2.45) is 28.6 Å². The highest BCUT2D eigenvalue weighted by molar-refractivity contribution is 5.79. The van der Waals surface area contributed by atoms with E-state index in [0.717, 1.165) is 19.3 Å². The van der Waals surface area contributed by atoms with E-state index >= 15 is 0 Å². The Balaban J connectivity index is 1.78. The summed E-state index contributed by atoms with van der Waals surface area (Å²) in [5, 5.41) is 42.0. The normalized spacial score (nSPS) is 53.7. The van der Waals surface area contributed by atoms with Gasteiger partial charge < -0.3 is 20.4 Å². The van der Waals surface area contributed by atoms with Crippen LogP contribution in [0.15, 0.2) is 11.1 Å². The van der Waals surface area contributed by atoms with E-state index in [-0.39, 0.29) is 35.7 Å². The van der Waals surface area contributed by atoms with Crippen LogP contribution in [0.2, 0.25) is 0 Å². The molecule has 1 unspecified atom stereocenters. The van der Waals surface area contributed by atoms with Gasteiger partial charge in [-0.25, -0.2) is 4.79 Å². The van der Waals surface area contributed by atoms with Crippen molar-refractivity contribution in [1.29, 1.82) is 0 Å². The molecule has 4 N–H and O–H groups in total. The third-order valence-corrected chi connectivity index (χ3v) is 8.88. The summed E-state index contributed by atoms with van der Waals surface area (Å²) in [4.78, 5) is 11.9. The highest BCUT2D eigenvalue weighted by Gasteiger charge is 2.68. The van der Waals surface area contributed by atoms with Crippen LogP contribution in [-0.2, 0) is 4.79 Å². The van der Waals surface area contributed by atoms with Crippen LogP contribution in [0.5, 0.6) is 0 Å². The number of hydrogen-bond donors (Lipinski definition) is 4. The maximum Gasteiger partial charge on any atom is 0.336 e. The van der Waals surface area contributed by atoms with Crippen LogP contribution in [0.1, 0.15) is 65.7 Å². The van der Waals surface area contributed by atoms with E-state index in [2.05, 4.69) is 13.8 Å². The van der Waals surface area contributed by atoms with Crippen LogP contribution in [0.25, 0.3) is 0 Å². The number of carbonyl (C=O) groups is 1. The van der Waals surface area contributed by atoms with E-state index in [1.54, 1.807) is 0 Å². The topological polar surface area (TPSA) is 98.0 Å². The Labute approximate surface area is 155 Å². The van der Waals surface area contributed by atoms with Crippen molar-refractivity contribution < 1.29 is 25.2 Å². The van der Waals surface area contributed by atoms with Crippen LogP contribution in [0, 0.1) is 28.6 Å². The number of allylic oxidation sites excluding steroid dienone is 1. The van der Waals surface area contributed by atoms with E-state index in [4.69, 9.17) is 0 Å². The summed E-state index contributed by atoms with van der Waals surface area (Å²) >= 11 is 0. The Morgan fingerprint density at radius 2 is 1.81 bits per heavy atom. The number of carboxylic acid groups (broad SMARTS) is 1. The average Bonchev–Trinajstić information content (AvgIpc) is 2.81. The van der Waals surface area contributed by atoms with Crippen molar-refractivity contribution >= 4 is 5.97 Å². The molecule has 0 bridgehead atoms. The van der Waals surface area contributed by atoms with Gasteiger partial charge in [-0.2, -0.15) is 0 Å². The molecule has 0 aliphatic heterocycles. The first-order valence-electron chi connectivity index (χ1n) is 10.1. The molecule has 0 aromatic heterocycles. The Hall–Kier alpha value is -0.910. The molecule has 4 aliphatic carbocycles. The van der Waals surface area contributed by atoms with Crippen LogP contribution in [-0.4, -0.2) is 44.2 Å². The van der Waals surface area contributed by atoms with E-state index in [1.165, 1.54) is 11.1 Å². The number of carboxylic acids is 1. The summed E-state index contributed by atoms with van der Waals surface area (Å²) in [6.45, 7) is 6.25. The summed E-state index contributed by atoms with van der Waals surface area (Å²) in [5.74, 6) is -0.759. The lowest BCUT2D eigenvalue weighted by molar-refractivity contribution is -0.193. The second-order valence-electron chi connectivity index (χ2n) is 9.97. The SMILES string of the molecule is CC1=C2CC(O)CC[C@]2(C)[C@@H]2[C@@H](C1)[C@@H]1CC[C@](O)(C(=O)O)[C@@]1(C)C[C@@H]2O. The Morgan fingerprint density at radius 3 is 2.46 bits per heavy atom. The molecule has 5 nitrogen and oxygen atoms in total. The van der Waals surface area contributed by atoms with Crippen molar-refractivity contribution in [3.8, 4) is 0 Å². The fourth-order valence-electron chi connectivity index (χ4n) is 7.59. The van der Waals surface area contributed by atoms with Crippen LogP contribution < -0.4 is 0 Å². The van der Waals surface area contributed by atoms with Gasteiger partial charge in [-0.3, -0.25) is 0 Å². The number of aliphatic hydroxyl groups excluding tert-OH is 2. The zero-order chi connectivity index (χ0) is 19.1. The van der Waals surface area contributed by atoms with Crippen LogP contribution in [0.3, 0.4) is 0 Å². The smallest absolute Gasteiger partial charge is 0.336 e. The number of aliphatic carboxylic acids is 1. The molecule has 0 heterocycles. The highest BCUT2D eigenvalue weighted by atomic mass is 16.4. The maximum atomic E-state index is 11.9. The molecule has 3 saturated carbocycles. The quantitative estimate of drug-likeness (QED) is 0.536. The van der Waals surface area contributed by atoms with Crippen molar-refractivity contribution in [3.05, 3.63) is 11.1 Å². The first kappa shape index (κ1) is 18.5. The molecule has 0 radical (unpaired) electrons. The molecule has 0 aromatic carbocycles. The summed E-state index contributed by atoms with van der Waals surface area (Å²) in [6.07, 6.45) is 3.56. The molecule has 5 heteroatoms. The van der Waals surface area contributed by atoms with Gasteiger partial charge in [0.15, 0.2) is 5.60 Å². The first-order chi connectivity index (χ1) is 12.0. The van der Waals surface area contributed by atoms with Gasteiger partial charge in [-0.05, 0) is 75.0 Å². The molecule has 146 valence electrons. The number of rotatable bonds is 1. The van der Waals surface area contributed by atoms with Crippen molar-refractivity contribution in [3.63, 3.8) is 0 Å². The highest BCUT2D eigenvalue weighted by Crippen LogP contribution is 2.68. The van der Waals surface area contributed by atoms with E-state index in [9.17, 15) is 25.2 Å². The van der Waals surface area contributed by atoms with Crippen molar-refractivity contribution in [1.82, 2.24) is 0 Å². The molecule has 0 saturated heterocycles. The lowest BCUT2D eigenvalue weighted by Crippen LogP contribution is -2.61. The van der Waals surface area contributed by atoms with Gasteiger partial charge in [0.2, 0.25) is 0 Å². The van der Waals surface area contributed by atoms with E-state index in [1.807, 2.05) is 6.92 Å². The maximum absolute atomic E-state index is 11.9. The minimum Gasteiger partial charge on any atom is -0.479 e. The fourth-order valence-corrected chi connectivity index (χ4v) is 7.59. The summed E-state index contributed by atoms with van der Waals surface area (Å²) in [7, 11) is 0. The van der Waals surface area contributed by atoms with Crippen molar-refractivity contribution in [2.75, 3.05) is 0 Å². The molecule has 0 aromatic rings. The fraction of sp³-hybridized carbons (Fsp3) is 0.857. The van der Waals surface area contributed by atoms with Crippen molar-refractivity contribution in [2.45, 2.75) is 83.5 Å². The van der Waals surface area contributed by atoms with E-state index < -0.39 is 23.1 Å². The average molecular weight is 364 g/mol. The molecule has 3 fully saturated rings. The van der Waals surface area contributed by atoms with Gasteiger partial charge in [0, 0.05) is 5.41 Å². The molecule has 26 heavy (non-hydrogen) atoms. The standard InChI is InChI=1S/C21H32O5/c1-11-8-13-14-5-7-21(26,18(24)25)20(14,3)10-16(23)17(13)19(2)6-4-12(22)9-15(11)19/h12-14,16-17,22-23,26H,4-10H2,1-3H3,(H,24,25)/t12?,13-,14-,16-,17+,19-,20-,21-/m0/s1. The monoisotopic (exact) mass is 364 g/mol. The molecule has 8 atom stereocenters. The minimum atomic E-state index is -1.74. The zero-order valence-electron chi connectivity index (χ0n) is 16.0. The largest absolute Gasteiger partial charge is 0.479 e. The number of aliphatic hydroxyl groups is 3. The van der Waals surface area contributed by atoms with Crippen LogP contribution in [0.4, 0.5) is 0 Å². The Kier molecular flexibility index (Phi) is 3.94. The summed E-state index contributed by atoms with van der Waals surface area (Å²) in [5.41, 5.74) is -0.0505. The minimum absolute atomic E-state index is 0.0860. The molecular formula is C21H32O5. The van der Waals surface area contributed by atoms with Gasteiger partial charge in [-0.15, -0.1) is 0 Å². The molecule has 0 spiro atoms. The summed E-state index contributed by atoms with van der Waals surface area (Å²) < 4.78 is 0. The Morgan fingerprint density at radius 1 is 1.12 bits per heavy atom. The van der Waals surface area contributed by atoms with Gasteiger partial charge in [0.1, 0.15) is 0 Å². The molecular weight excluding hydrogens is 332 g/mol. The lowest BCUT2D eigenvalue weighted by atomic mass is 9.45. The van der Waals surface area contributed by atoms with E-state index in [0.29, 0.717) is 19.3 Å². The number of hydrogen-bond acceptors (Lipinski definition) is 4. The summed E-state index contributed by atoms with van der Waals surface area (Å²) in [6, 6.07) is 0. The van der Waals surface area contributed by atoms with Gasteiger partial charge in [0.25, 0.3) is 0 Å². The Bertz CT molecular complexity index is 671. The second-order valence-corrected chi connectivity index (χ2v) is 9.97. The molecule has 4 rings (SSSR count). The lowest BCUT2D eigenvalue weighted by Gasteiger charge is -2.60. The second kappa shape index (κ2) is 5.55. The predicted molar refractivity (Wildman–Crippen MR) is 96.3 cm³/mol. The molecule has 4 aliphatic rings. The first-order valence-corrected chi connectivity index (χ1v) is 10.1. The third kappa shape index (κ3) is 2.11. The van der Waals surface area contributed by atoms with Gasteiger partial charge >= 0.3 is 5.97 Å². The van der Waals surface area contributed by atoms with Gasteiger partial charge in [0.05, 0.1) is 12.2 Å². The van der Waals surface area contributed by atoms with Gasteiger partial charge in [-0.1, -0.05) is 25.0 Å². The molecule has 0 amide bonds. The predicted octanol–water partition coefficient (Wildman–Crippen LogP) is 2.49. The van der Waals surface area contributed by atoms with Crippen LogP contribution >= 0.6 is 0 Å². The third-order valence-electron chi connectivity index (χ3n) is 8.88. The zero-order valence-corrected chi connectivity index (χ0v) is 16.0. The number of fused-ring (bicyclic) bond motifs is 5.